The van der Waals surface area contributed by atoms with Crippen LogP contribution in [0, 0.1) is 5.92 Å². The van der Waals surface area contributed by atoms with Crippen molar-refractivity contribution in [3.05, 3.63) is 12.3 Å². The molecule has 25 heavy (non-hydrogen) atoms. The van der Waals surface area contributed by atoms with Crippen molar-refractivity contribution in [2.24, 2.45) is 5.92 Å². The van der Waals surface area contributed by atoms with Crippen molar-refractivity contribution in [1.82, 2.24) is 19.6 Å². The van der Waals surface area contributed by atoms with Crippen molar-refractivity contribution in [3.8, 4) is 0 Å². The van der Waals surface area contributed by atoms with E-state index in [4.69, 9.17) is 4.74 Å². The molecule has 1 saturated heterocycles. The van der Waals surface area contributed by atoms with E-state index in [9.17, 15) is 4.79 Å². The Morgan fingerprint density at radius 1 is 1.36 bits per heavy atom. The molecule has 7 heteroatoms. The van der Waals surface area contributed by atoms with E-state index in [2.05, 4.69) is 47.9 Å². The van der Waals surface area contributed by atoms with Gasteiger partial charge in [0.15, 0.2) is 5.82 Å². The van der Waals surface area contributed by atoms with Gasteiger partial charge in [0, 0.05) is 31.9 Å². The molecule has 1 aliphatic heterocycles. The fourth-order valence-electron chi connectivity index (χ4n) is 3.39. The van der Waals surface area contributed by atoms with E-state index in [1.165, 1.54) is 0 Å². The number of nitrogens with one attached hydrogen (secondary N) is 1. The second-order valence-electron chi connectivity index (χ2n) is 7.66. The summed E-state index contributed by atoms with van der Waals surface area (Å²) in [5.41, 5.74) is 0. The molecule has 1 aromatic rings. The number of ether oxygens (including phenoxy) is 1. The summed E-state index contributed by atoms with van der Waals surface area (Å²) in [7, 11) is 4.06. The van der Waals surface area contributed by atoms with Crippen molar-refractivity contribution < 1.29 is 9.53 Å². The molecule has 1 N–H and O–H groups in total. The highest BCUT2D eigenvalue weighted by Gasteiger charge is 2.34. The maximum Gasteiger partial charge on any atom is 0.243 e. The minimum absolute atomic E-state index is 0.00848. The number of hydrogen-bond acceptors (Lipinski definition) is 5. The molecule has 0 saturated carbocycles. The monoisotopic (exact) mass is 351 g/mol. The number of rotatable bonds is 7. The fraction of sp³-hybridized carbons (Fsp3) is 0.778. The summed E-state index contributed by atoms with van der Waals surface area (Å²) in [5, 5.41) is 7.45. The standard InChI is InChI=1S/C18H33N5O2/c1-13(2)17(22-11-14(3)25-15(4)12-22)18(24)19-16-7-8-23(20-16)10-9-21(5)6/h7-8,13-15,17H,9-12H2,1-6H3,(H,19,20,24). The molecule has 1 aliphatic rings. The lowest BCUT2D eigenvalue weighted by Gasteiger charge is -2.40. The second-order valence-corrected chi connectivity index (χ2v) is 7.66. The third-order valence-electron chi connectivity index (χ3n) is 4.41. The number of nitrogens with zero attached hydrogens (tertiary/aromatic N) is 4. The molecule has 7 nitrogen and oxygen atoms in total. The minimum Gasteiger partial charge on any atom is -0.373 e. The van der Waals surface area contributed by atoms with Crippen LogP contribution in [0.25, 0.3) is 0 Å². The zero-order chi connectivity index (χ0) is 18.6. The number of hydrogen-bond donors (Lipinski definition) is 1. The van der Waals surface area contributed by atoms with Gasteiger partial charge in [-0.3, -0.25) is 14.4 Å². The van der Waals surface area contributed by atoms with Gasteiger partial charge in [-0.05, 0) is 33.9 Å². The Labute approximate surface area is 151 Å². The highest BCUT2D eigenvalue weighted by atomic mass is 16.5. The molecule has 3 unspecified atom stereocenters. The Balaban J connectivity index is 2.00. The highest BCUT2D eigenvalue weighted by molar-refractivity contribution is 5.94. The van der Waals surface area contributed by atoms with E-state index in [0.29, 0.717) is 5.82 Å². The van der Waals surface area contributed by atoms with Crippen molar-refractivity contribution in [2.75, 3.05) is 39.0 Å². The molecular weight excluding hydrogens is 318 g/mol. The molecule has 2 rings (SSSR count). The first-order valence-corrected chi connectivity index (χ1v) is 9.14. The van der Waals surface area contributed by atoms with Gasteiger partial charge in [-0.2, -0.15) is 5.10 Å². The van der Waals surface area contributed by atoms with Gasteiger partial charge in [-0.1, -0.05) is 13.8 Å². The van der Waals surface area contributed by atoms with E-state index in [-0.39, 0.29) is 30.1 Å². The number of carbonyl (C=O) groups excluding carboxylic acids is 1. The quantitative estimate of drug-likeness (QED) is 0.807. The summed E-state index contributed by atoms with van der Waals surface area (Å²) in [5.74, 6) is 0.839. The lowest BCUT2D eigenvalue weighted by Crippen LogP contribution is -2.55. The van der Waals surface area contributed by atoms with E-state index in [0.717, 1.165) is 26.2 Å². The summed E-state index contributed by atoms with van der Waals surface area (Å²) in [6.07, 6.45) is 2.19. The smallest absolute Gasteiger partial charge is 0.243 e. The van der Waals surface area contributed by atoms with Gasteiger partial charge in [-0.15, -0.1) is 0 Å². The van der Waals surface area contributed by atoms with Crippen LogP contribution < -0.4 is 5.32 Å². The molecule has 0 radical (unpaired) electrons. The Morgan fingerprint density at radius 3 is 2.56 bits per heavy atom. The average Bonchev–Trinajstić information content (AvgIpc) is 2.91. The van der Waals surface area contributed by atoms with Crippen LogP contribution in [0.15, 0.2) is 12.3 Å². The first-order valence-electron chi connectivity index (χ1n) is 9.14. The number of likely N-dealkylation sites (N-methyl/N-ethyl adjacent to an activating group) is 1. The number of carbonyl (C=O) groups is 1. The largest absolute Gasteiger partial charge is 0.373 e. The van der Waals surface area contributed by atoms with Crippen LogP contribution in [0.5, 0.6) is 0 Å². The summed E-state index contributed by atoms with van der Waals surface area (Å²) in [6.45, 7) is 11.6. The summed E-state index contributed by atoms with van der Waals surface area (Å²) < 4.78 is 7.66. The number of aromatic nitrogens is 2. The van der Waals surface area contributed by atoms with Crippen LogP contribution in [-0.4, -0.2) is 77.5 Å². The van der Waals surface area contributed by atoms with Crippen LogP contribution in [0.3, 0.4) is 0 Å². The summed E-state index contributed by atoms with van der Waals surface area (Å²) >= 11 is 0. The molecule has 0 aliphatic carbocycles. The zero-order valence-corrected chi connectivity index (χ0v) is 16.4. The van der Waals surface area contributed by atoms with Gasteiger partial charge in [0.25, 0.3) is 0 Å². The van der Waals surface area contributed by atoms with Gasteiger partial charge in [0.1, 0.15) is 0 Å². The number of anilines is 1. The highest BCUT2D eigenvalue weighted by Crippen LogP contribution is 2.20. The Bertz CT molecular complexity index is 547. The molecule has 142 valence electrons. The zero-order valence-electron chi connectivity index (χ0n) is 16.4. The van der Waals surface area contributed by atoms with Gasteiger partial charge < -0.3 is 15.0 Å². The summed E-state index contributed by atoms with van der Waals surface area (Å²) in [4.78, 5) is 17.2. The van der Waals surface area contributed by atoms with Crippen LogP contribution in [-0.2, 0) is 16.1 Å². The first-order chi connectivity index (χ1) is 11.8. The van der Waals surface area contributed by atoms with Crippen LogP contribution in [0.1, 0.15) is 27.7 Å². The normalized spacial score (nSPS) is 23.2. The average molecular weight is 351 g/mol. The first kappa shape index (κ1) is 19.9. The fourth-order valence-corrected chi connectivity index (χ4v) is 3.39. The lowest BCUT2D eigenvalue weighted by molar-refractivity contribution is -0.130. The van der Waals surface area contributed by atoms with Crippen molar-refractivity contribution in [1.29, 1.82) is 0 Å². The molecule has 0 spiro atoms. The van der Waals surface area contributed by atoms with Gasteiger partial charge in [0.05, 0.1) is 24.8 Å². The van der Waals surface area contributed by atoms with Crippen LogP contribution in [0.4, 0.5) is 5.82 Å². The molecule has 1 fully saturated rings. The maximum absolute atomic E-state index is 12.9. The van der Waals surface area contributed by atoms with E-state index in [1.807, 2.05) is 31.0 Å². The minimum atomic E-state index is -0.180. The maximum atomic E-state index is 12.9. The van der Waals surface area contributed by atoms with Crippen LogP contribution in [0.2, 0.25) is 0 Å². The Kier molecular flexibility index (Phi) is 6.98. The van der Waals surface area contributed by atoms with E-state index in [1.54, 1.807) is 0 Å². The SMILES string of the molecule is CC1CN(C(C(=O)Nc2ccn(CCN(C)C)n2)C(C)C)CC(C)O1. The van der Waals surface area contributed by atoms with Crippen LogP contribution >= 0.6 is 0 Å². The van der Waals surface area contributed by atoms with Crippen molar-refractivity contribution >= 4 is 11.7 Å². The lowest BCUT2D eigenvalue weighted by atomic mass is 9.99. The molecule has 0 aromatic carbocycles. The van der Waals surface area contributed by atoms with Crippen molar-refractivity contribution in [3.63, 3.8) is 0 Å². The molecule has 1 amide bonds. The Morgan fingerprint density at radius 2 is 2.00 bits per heavy atom. The second kappa shape index (κ2) is 8.78. The predicted octanol–water partition coefficient (Wildman–Crippen LogP) is 1.52. The number of amides is 1. The third-order valence-corrected chi connectivity index (χ3v) is 4.41. The van der Waals surface area contributed by atoms with E-state index >= 15 is 0 Å². The topological polar surface area (TPSA) is 62.6 Å². The molecular formula is C18H33N5O2. The van der Waals surface area contributed by atoms with Gasteiger partial charge in [0.2, 0.25) is 5.91 Å². The van der Waals surface area contributed by atoms with Gasteiger partial charge in [-0.25, -0.2) is 0 Å². The molecule has 3 atom stereocenters. The molecule has 1 aromatic heterocycles. The molecule has 2 heterocycles. The Hall–Kier alpha value is -1.44. The van der Waals surface area contributed by atoms with Gasteiger partial charge >= 0.3 is 0 Å². The third kappa shape index (κ3) is 5.80. The molecule has 0 bridgehead atoms. The number of morpholine rings is 1. The summed E-state index contributed by atoms with van der Waals surface area (Å²) in [6, 6.07) is 1.68. The predicted molar refractivity (Wildman–Crippen MR) is 99.6 cm³/mol. The van der Waals surface area contributed by atoms with E-state index < -0.39 is 0 Å². The van der Waals surface area contributed by atoms with Crippen molar-refractivity contribution in [2.45, 2.75) is 52.5 Å².